The lowest BCUT2D eigenvalue weighted by Gasteiger charge is -2.05. The number of hydrogen-bond donors (Lipinski definition) is 1. The molecule has 0 amide bonds. The van der Waals surface area contributed by atoms with Gasteiger partial charge in [-0.3, -0.25) is 10.1 Å². The number of fused-ring (bicyclic) bond motifs is 1. The highest BCUT2D eigenvalue weighted by atomic mass is 16.6. The first-order valence-corrected chi connectivity index (χ1v) is 6.82. The summed E-state index contributed by atoms with van der Waals surface area (Å²) in [6, 6.07) is 18.6. The number of rotatable bonds is 4. The largest absolute Gasteiger partial charge is 0.691 e. The van der Waals surface area contributed by atoms with E-state index in [9.17, 15) is 15.3 Å². The fourth-order valence-electron chi connectivity index (χ4n) is 2.25. The SMILES string of the molecule is O=[N+]([O-])c1c(N/N=[N+](\[O-])c2ccccc2)ccc2ccccc12. The Labute approximate surface area is 131 Å². The van der Waals surface area contributed by atoms with Gasteiger partial charge in [-0.05, 0) is 35.7 Å². The van der Waals surface area contributed by atoms with Crippen molar-refractivity contribution in [2.45, 2.75) is 0 Å². The molecule has 3 aromatic rings. The molecule has 23 heavy (non-hydrogen) atoms. The van der Waals surface area contributed by atoms with Gasteiger partial charge in [0.15, 0.2) is 5.69 Å². The number of nitro benzene ring substituents is 1. The molecule has 3 aromatic carbocycles. The summed E-state index contributed by atoms with van der Waals surface area (Å²) in [5.41, 5.74) is 2.84. The molecule has 0 spiro atoms. The second-order valence-corrected chi connectivity index (χ2v) is 4.76. The van der Waals surface area contributed by atoms with Crippen LogP contribution in [0.3, 0.4) is 0 Å². The summed E-state index contributed by atoms with van der Waals surface area (Å²) < 4.78 is 0. The fourth-order valence-corrected chi connectivity index (χ4v) is 2.25. The van der Waals surface area contributed by atoms with Crippen LogP contribution in [0.1, 0.15) is 0 Å². The fraction of sp³-hybridized carbons (Fsp3) is 0. The van der Waals surface area contributed by atoms with Crippen LogP contribution in [0.25, 0.3) is 10.8 Å². The highest BCUT2D eigenvalue weighted by Crippen LogP contribution is 2.33. The number of nitro groups is 1. The highest BCUT2D eigenvalue weighted by Gasteiger charge is 2.21. The highest BCUT2D eigenvalue weighted by molar-refractivity contribution is 5.96. The predicted octanol–water partition coefficient (Wildman–Crippen LogP) is 4.37. The molecule has 3 rings (SSSR count). The van der Waals surface area contributed by atoms with Gasteiger partial charge in [0.2, 0.25) is 5.69 Å². The molecule has 1 N–H and O–H groups in total. The second kappa shape index (κ2) is 6.10. The Kier molecular flexibility index (Phi) is 3.84. The molecule has 0 aliphatic rings. The molecular weight excluding hydrogens is 296 g/mol. The summed E-state index contributed by atoms with van der Waals surface area (Å²) in [7, 11) is 0. The number of para-hydroxylation sites is 1. The number of nitrogens with one attached hydrogen (secondary N) is 1. The van der Waals surface area contributed by atoms with Crippen molar-refractivity contribution in [1.29, 1.82) is 0 Å². The molecule has 0 radical (unpaired) electrons. The van der Waals surface area contributed by atoms with Gasteiger partial charge >= 0.3 is 5.69 Å². The first-order chi connectivity index (χ1) is 11.2. The molecule has 7 nitrogen and oxygen atoms in total. The van der Waals surface area contributed by atoms with Gasteiger partial charge in [-0.1, -0.05) is 36.4 Å². The van der Waals surface area contributed by atoms with Crippen LogP contribution in [0.15, 0.2) is 72.0 Å². The van der Waals surface area contributed by atoms with Crippen molar-refractivity contribution >= 4 is 27.8 Å². The zero-order valence-electron chi connectivity index (χ0n) is 11.9. The summed E-state index contributed by atoms with van der Waals surface area (Å²) in [5, 5.41) is 28.1. The third-order valence-corrected chi connectivity index (χ3v) is 3.32. The molecule has 0 aromatic heterocycles. The van der Waals surface area contributed by atoms with E-state index in [0.717, 1.165) is 5.39 Å². The van der Waals surface area contributed by atoms with Gasteiger partial charge < -0.3 is 5.21 Å². The maximum absolute atomic E-state index is 11.9. The van der Waals surface area contributed by atoms with Crippen molar-refractivity contribution in [2.24, 2.45) is 5.22 Å². The van der Waals surface area contributed by atoms with E-state index in [0.29, 0.717) is 15.9 Å². The van der Waals surface area contributed by atoms with Crippen LogP contribution in [0.2, 0.25) is 0 Å². The number of nitrogens with zero attached hydrogens (tertiary/aromatic N) is 3. The Morgan fingerprint density at radius 1 is 0.870 bits per heavy atom. The molecule has 7 heteroatoms. The van der Waals surface area contributed by atoms with E-state index in [1.54, 1.807) is 60.7 Å². The van der Waals surface area contributed by atoms with Crippen LogP contribution in [0, 0.1) is 15.3 Å². The summed E-state index contributed by atoms with van der Waals surface area (Å²) in [5.74, 6) is 0. The van der Waals surface area contributed by atoms with Crippen molar-refractivity contribution in [3.8, 4) is 0 Å². The third kappa shape index (κ3) is 2.93. The van der Waals surface area contributed by atoms with Gasteiger partial charge in [0.05, 0.1) is 15.5 Å². The van der Waals surface area contributed by atoms with Crippen LogP contribution in [-0.2, 0) is 0 Å². The summed E-state index contributed by atoms with van der Waals surface area (Å²) >= 11 is 0. The summed E-state index contributed by atoms with van der Waals surface area (Å²) in [6.45, 7) is 0. The number of benzene rings is 3. The van der Waals surface area contributed by atoms with Gasteiger partial charge in [-0.15, -0.1) is 10.3 Å². The first kappa shape index (κ1) is 14.5. The van der Waals surface area contributed by atoms with Gasteiger partial charge in [-0.25, -0.2) is 0 Å². The molecule has 0 aliphatic heterocycles. The summed E-state index contributed by atoms with van der Waals surface area (Å²) in [4.78, 5) is 11.3. The standard InChI is InChI=1S/C16H12N4O3/c21-19(13-7-2-1-3-8-13)18-17-15-11-10-12-6-4-5-9-14(12)16(15)20(22)23/h1-11,17H/b19-18-. The van der Waals surface area contributed by atoms with E-state index >= 15 is 0 Å². The molecule has 0 heterocycles. The minimum atomic E-state index is -0.488. The van der Waals surface area contributed by atoms with E-state index in [1.807, 2.05) is 0 Å². The Morgan fingerprint density at radius 2 is 1.57 bits per heavy atom. The Hall–Kier alpha value is -3.48. The minimum Gasteiger partial charge on any atom is -0.691 e. The van der Waals surface area contributed by atoms with Crippen molar-refractivity contribution in [1.82, 2.24) is 0 Å². The average molecular weight is 308 g/mol. The zero-order valence-corrected chi connectivity index (χ0v) is 11.9. The molecule has 0 bridgehead atoms. The lowest BCUT2D eigenvalue weighted by atomic mass is 10.1. The maximum atomic E-state index is 11.9. The van der Waals surface area contributed by atoms with E-state index in [4.69, 9.17) is 0 Å². The topological polar surface area (TPSA) is 93.6 Å². The molecule has 0 fully saturated rings. The van der Waals surface area contributed by atoms with E-state index < -0.39 is 4.92 Å². The van der Waals surface area contributed by atoms with Crippen LogP contribution in [0.4, 0.5) is 17.1 Å². The van der Waals surface area contributed by atoms with Crippen molar-refractivity contribution in [3.63, 3.8) is 0 Å². The minimum absolute atomic E-state index is 0.117. The van der Waals surface area contributed by atoms with Gasteiger partial charge in [-0.2, -0.15) is 0 Å². The molecule has 0 saturated carbocycles. The lowest BCUT2D eigenvalue weighted by Crippen LogP contribution is -2.01. The number of hydrogen-bond acceptors (Lipinski definition) is 4. The van der Waals surface area contributed by atoms with Crippen LogP contribution >= 0.6 is 0 Å². The van der Waals surface area contributed by atoms with E-state index in [-0.39, 0.29) is 11.4 Å². The maximum Gasteiger partial charge on any atom is 0.325 e. The average Bonchev–Trinajstić information content (AvgIpc) is 2.59. The van der Waals surface area contributed by atoms with E-state index in [1.165, 1.54) is 6.07 Å². The molecule has 0 aliphatic carbocycles. The Morgan fingerprint density at radius 3 is 2.30 bits per heavy atom. The smallest absolute Gasteiger partial charge is 0.325 e. The second-order valence-electron chi connectivity index (χ2n) is 4.76. The van der Waals surface area contributed by atoms with Crippen LogP contribution in [-0.4, -0.2) is 9.78 Å². The summed E-state index contributed by atoms with van der Waals surface area (Å²) in [6.07, 6.45) is 0. The van der Waals surface area contributed by atoms with Crippen molar-refractivity contribution < 1.29 is 9.78 Å². The first-order valence-electron chi connectivity index (χ1n) is 6.82. The molecule has 0 saturated heterocycles. The molecule has 0 unspecified atom stereocenters. The van der Waals surface area contributed by atoms with E-state index in [2.05, 4.69) is 10.6 Å². The van der Waals surface area contributed by atoms with Crippen molar-refractivity contribution in [3.05, 3.63) is 82.1 Å². The van der Waals surface area contributed by atoms with Crippen LogP contribution < -0.4 is 5.43 Å². The zero-order chi connectivity index (χ0) is 16.2. The third-order valence-electron chi connectivity index (χ3n) is 3.32. The quantitative estimate of drug-likeness (QED) is 0.335. The van der Waals surface area contributed by atoms with Crippen molar-refractivity contribution in [2.75, 3.05) is 5.43 Å². The molecule has 114 valence electrons. The van der Waals surface area contributed by atoms with Gasteiger partial charge in [0.1, 0.15) is 0 Å². The lowest BCUT2D eigenvalue weighted by molar-refractivity contribution is -0.439. The molecule has 0 atom stereocenters. The normalized spacial score (nSPS) is 11.4. The van der Waals surface area contributed by atoms with Gasteiger partial charge in [0, 0.05) is 0 Å². The predicted molar refractivity (Wildman–Crippen MR) is 86.4 cm³/mol. The molecular formula is C16H12N4O3. The van der Waals surface area contributed by atoms with Crippen LogP contribution in [0.5, 0.6) is 0 Å². The number of anilines is 1. The monoisotopic (exact) mass is 308 g/mol. The Balaban J connectivity index is 2.00. The Bertz CT molecular complexity index is 894. The van der Waals surface area contributed by atoms with Gasteiger partial charge in [0.25, 0.3) is 0 Å².